The molecule has 0 radical (unpaired) electrons. The third-order valence-electron chi connectivity index (χ3n) is 6.53. The van der Waals surface area contributed by atoms with Gasteiger partial charge in [-0.05, 0) is 31.0 Å². The number of aliphatic hydroxyl groups excluding tert-OH is 1. The van der Waals surface area contributed by atoms with Crippen LogP contribution in [0.1, 0.15) is 25.3 Å². The number of fused-ring (bicyclic) bond motifs is 1. The van der Waals surface area contributed by atoms with Crippen LogP contribution in [0.3, 0.4) is 0 Å². The molecular weight excluding hydrogens is 384 g/mol. The minimum absolute atomic E-state index is 0.131. The van der Waals surface area contributed by atoms with Gasteiger partial charge in [-0.3, -0.25) is 14.6 Å². The number of nitrogens with zero attached hydrogens (tertiary/aromatic N) is 5. The number of nitrogens with one attached hydrogen (secondary N) is 1. The largest absolute Gasteiger partial charge is 0.377 e. The van der Waals surface area contributed by atoms with Crippen LogP contribution < -0.4 is 10.2 Å². The highest BCUT2D eigenvalue weighted by Gasteiger charge is 2.29. The number of aliphatic hydroxyl groups is 1. The summed E-state index contributed by atoms with van der Waals surface area (Å²) in [5, 5.41) is 17.3. The van der Waals surface area contributed by atoms with E-state index in [4.69, 9.17) is 4.74 Å². The van der Waals surface area contributed by atoms with Gasteiger partial charge in [-0.15, -0.1) is 0 Å². The lowest BCUT2D eigenvalue weighted by molar-refractivity contribution is -0.125. The Bertz CT molecular complexity index is 913. The quantitative estimate of drug-likeness (QED) is 0.725. The van der Waals surface area contributed by atoms with Gasteiger partial charge >= 0.3 is 0 Å². The van der Waals surface area contributed by atoms with Crippen LogP contribution in [0, 0.1) is 0 Å². The van der Waals surface area contributed by atoms with Gasteiger partial charge in [0.05, 0.1) is 23.5 Å². The molecule has 2 aromatic rings. The van der Waals surface area contributed by atoms with E-state index in [0.717, 1.165) is 50.5 Å². The molecule has 0 bridgehead atoms. The second-order valence-corrected chi connectivity index (χ2v) is 8.64. The predicted octanol–water partition coefficient (Wildman–Crippen LogP) is 0.232. The smallest absolute Gasteiger partial charge is 0.225 e. The fraction of sp³-hybridized carbons (Fsp3) is 0.619. The molecule has 3 aliphatic heterocycles. The van der Waals surface area contributed by atoms with Crippen molar-refractivity contribution in [1.82, 2.24) is 24.7 Å². The van der Waals surface area contributed by atoms with Gasteiger partial charge in [0.2, 0.25) is 12.3 Å². The molecular formula is C21H30N6O3. The minimum atomic E-state index is -1.02. The predicted molar refractivity (Wildman–Crippen MR) is 112 cm³/mol. The maximum absolute atomic E-state index is 11.5. The fourth-order valence-electron chi connectivity index (χ4n) is 4.66. The molecule has 0 aromatic carbocycles. The van der Waals surface area contributed by atoms with Gasteiger partial charge in [0.15, 0.2) is 0 Å². The van der Waals surface area contributed by atoms with E-state index >= 15 is 0 Å². The van der Waals surface area contributed by atoms with Crippen molar-refractivity contribution < 1.29 is 14.6 Å². The number of hydrogen-bond acceptors (Lipinski definition) is 7. The molecule has 1 amide bonds. The van der Waals surface area contributed by atoms with Gasteiger partial charge in [0.25, 0.3) is 0 Å². The summed E-state index contributed by atoms with van der Waals surface area (Å²) in [6, 6.07) is 4.77. The molecule has 2 N–H and O–H groups in total. The monoisotopic (exact) mass is 414 g/mol. The number of amides is 1. The Labute approximate surface area is 176 Å². The van der Waals surface area contributed by atoms with Crippen LogP contribution in [0.25, 0.3) is 5.52 Å². The number of carbonyl (C=O) groups excluding carboxylic acids is 1. The summed E-state index contributed by atoms with van der Waals surface area (Å²) in [7, 11) is 0. The molecule has 0 aliphatic carbocycles. The van der Waals surface area contributed by atoms with E-state index in [1.807, 2.05) is 10.7 Å². The molecule has 9 nitrogen and oxygen atoms in total. The van der Waals surface area contributed by atoms with E-state index in [0.29, 0.717) is 25.1 Å². The summed E-state index contributed by atoms with van der Waals surface area (Å²) in [5.74, 6) is -0.131. The van der Waals surface area contributed by atoms with Crippen LogP contribution in [0.2, 0.25) is 0 Å². The van der Waals surface area contributed by atoms with E-state index in [-0.39, 0.29) is 5.91 Å². The van der Waals surface area contributed by atoms with Crippen molar-refractivity contribution in [3.8, 4) is 0 Å². The first-order chi connectivity index (χ1) is 14.6. The van der Waals surface area contributed by atoms with Gasteiger partial charge < -0.3 is 20.1 Å². The Morgan fingerprint density at radius 1 is 1.33 bits per heavy atom. The van der Waals surface area contributed by atoms with E-state index in [9.17, 15) is 9.90 Å². The van der Waals surface area contributed by atoms with Crippen molar-refractivity contribution >= 4 is 17.1 Å². The van der Waals surface area contributed by atoms with Gasteiger partial charge in [-0.2, -0.15) is 5.10 Å². The van der Waals surface area contributed by atoms with Gasteiger partial charge in [-0.25, -0.2) is 4.52 Å². The summed E-state index contributed by atoms with van der Waals surface area (Å²) in [4.78, 5) is 18.4. The molecule has 5 rings (SSSR count). The molecule has 5 heterocycles. The van der Waals surface area contributed by atoms with E-state index in [2.05, 4.69) is 39.3 Å². The van der Waals surface area contributed by atoms with E-state index in [1.165, 1.54) is 12.0 Å². The van der Waals surface area contributed by atoms with Crippen LogP contribution in [-0.2, 0) is 16.1 Å². The van der Waals surface area contributed by atoms with Crippen molar-refractivity contribution in [1.29, 1.82) is 0 Å². The number of rotatable bonds is 5. The van der Waals surface area contributed by atoms with Crippen molar-refractivity contribution in [3.63, 3.8) is 0 Å². The zero-order valence-electron chi connectivity index (χ0n) is 17.4. The molecule has 3 fully saturated rings. The Morgan fingerprint density at radius 3 is 2.93 bits per heavy atom. The number of ether oxygens (including phenoxy) is 1. The van der Waals surface area contributed by atoms with Crippen LogP contribution >= 0.6 is 0 Å². The standard InChI is InChI=1S/C21H30N6O3/c1-15-12-24(7-8-25(15)14-17-4-9-30-17)13-16-2-6-27-18(10-16)19(11-22-27)26-5-3-20(28)23-21(26)29/h2,6,10-11,15,17,21,29H,3-5,7-9,12-14H2,1H3,(H,23,28)/t15-,17?,21?/m0/s1. The molecule has 2 aromatic heterocycles. The molecule has 3 aliphatic rings. The van der Waals surface area contributed by atoms with Crippen molar-refractivity contribution in [2.24, 2.45) is 0 Å². The van der Waals surface area contributed by atoms with Gasteiger partial charge in [0.1, 0.15) is 0 Å². The lowest BCUT2D eigenvalue weighted by atomic mass is 10.1. The summed E-state index contributed by atoms with van der Waals surface area (Å²) in [6.07, 6.45) is 4.69. The summed E-state index contributed by atoms with van der Waals surface area (Å²) >= 11 is 0. The lowest BCUT2D eigenvalue weighted by Crippen LogP contribution is -2.54. The van der Waals surface area contributed by atoms with Crippen molar-refractivity contribution in [3.05, 3.63) is 30.1 Å². The Balaban J connectivity index is 1.27. The van der Waals surface area contributed by atoms with Crippen LogP contribution in [-0.4, -0.2) is 88.3 Å². The molecule has 0 spiro atoms. The normalized spacial score (nSPS) is 28.5. The number of pyridine rings is 1. The first-order valence-corrected chi connectivity index (χ1v) is 10.8. The first-order valence-electron chi connectivity index (χ1n) is 10.8. The molecule has 9 heteroatoms. The van der Waals surface area contributed by atoms with Crippen molar-refractivity contribution in [2.75, 3.05) is 44.2 Å². The van der Waals surface area contributed by atoms with Gasteiger partial charge in [-0.1, -0.05) is 0 Å². The highest BCUT2D eigenvalue weighted by atomic mass is 16.5. The highest BCUT2D eigenvalue weighted by Crippen LogP contribution is 2.26. The number of anilines is 1. The second kappa shape index (κ2) is 8.14. The average molecular weight is 415 g/mol. The maximum atomic E-state index is 11.5. The maximum Gasteiger partial charge on any atom is 0.225 e. The highest BCUT2D eigenvalue weighted by molar-refractivity contribution is 5.81. The first kappa shape index (κ1) is 19.7. The Hall–Kier alpha value is -2.20. The number of piperazine rings is 1. The molecule has 30 heavy (non-hydrogen) atoms. The molecule has 2 unspecified atom stereocenters. The number of hydrogen-bond donors (Lipinski definition) is 2. The average Bonchev–Trinajstić information content (AvgIpc) is 3.09. The number of carbonyl (C=O) groups is 1. The molecule has 3 atom stereocenters. The Morgan fingerprint density at radius 2 is 2.20 bits per heavy atom. The third kappa shape index (κ3) is 3.90. The van der Waals surface area contributed by atoms with E-state index in [1.54, 1.807) is 11.1 Å². The minimum Gasteiger partial charge on any atom is -0.377 e. The topological polar surface area (TPSA) is 85.6 Å². The summed E-state index contributed by atoms with van der Waals surface area (Å²) < 4.78 is 7.42. The summed E-state index contributed by atoms with van der Waals surface area (Å²) in [5.41, 5.74) is 3.00. The zero-order chi connectivity index (χ0) is 20.7. The SMILES string of the molecule is C[C@H]1CN(Cc2ccn3ncc(N4CCC(=O)NC4O)c3c2)CCN1CC1CCO1. The molecule has 3 saturated heterocycles. The Kier molecular flexibility index (Phi) is 5.36. The van der Waals surface area contributed by atoms with Crippen LogP contribution in [0.15, 0.2) is 24.5 Å². The van der Waals surface area contributed by atoms with Gasteiger partial charge in [0, 0.05) is 64.5 Å². The summed E-state index contributed by atoms with van der Waals surface area (Å²) in [6.45, 7) is 8.79. The lowest BCUT2D eigenvalue weighted by Gasteiger charge is -2.42. The van der Waals surface area contributed by atoms with Crippen LogP contribution in [0.5, 0.6) is 0 Å². The molecule has 162 valence electrons. The van der Waals surface area contributed by atoms with E-state index < -0.39 is 6.35 Å². The molecule has 0 saturated carbocycles. The zero-order valence-corrected chi connectivity index (χ0v) is 17.4. The third-order valence-corrected chi connectivity index (χ3v) is 6.53. The van der Waals surface area contributed by atoms with Crippen LogP contribution in [0.4, 0.5) is 5.69 Å². The second-order valence-electron chi connectivity index (χ2n) is 8.64. The number of aromatic nitrogens is 2. The van der Waals surface area contributed by atoms with Crippen molar-refractivity contribution in [2.45, 2.75) is 44.8 Å². The fourth-order valence-corrected chi connectivity index (χ4v) is 4.66.